The Balaban J connectivity index is 2.71. The van der Waals surface area contributed by atoms with Gasteiger partial charge in [0.1, 0.15) is 6.10 Å². The van der Waals surface area contributed by atoms with Gasteiger partial charge in [-0.1, -0.05) is 12.1 Å². The lowest BCUT2D eigenvalue weighted by atomic mass is 10.3. The molecule has 0 aliphatic carbocycles. The lowest BCUT2D eigenvalue weighted by Crippen LogP contribution is -2.10. The second kappa shape index (κ2) is 5.13. The first-order chi connectivity index (χ1) is 6.77. The van der Waals surface area contributed by atoms with E-state index in [1.54, 1.807) is 7.11 Å². The molecule has 0 aromatic heterocycles. The maximum atomic E-state index is 8.48. The van der Waals surface area contributed by atoms with E-state index < -0.39 is 0 Å². The Labute approximate surface area is 83.9 Å². The van der Waals surface area contributed by atoms with E-state index in [1.165, 1.54) is 0 Å². The van der Waals surface area contributed by atoms with E-state index in [9.17, 15) is 0 Å². The third-order valence-electron chi connectivity index (χ3n) is 1.78. The van der Waals surface area contributed by atoms with Crippen LogP contribution in [0.25, 0.3) is 0 Å². The van der Waals surface area contributed by atoms with Crippen molar-refractivity contribution >= 4 is 0 Å². The van der Waals surface area contributed by atoms with Crippen molar-refractivity contribution in [2.75, 3.05) is 7.11 Å². The molecular weight excluding hydrogens is 178 g/mol. The molecule has 0 heterocycles. The Morgan fingerprint density at radius 3 is 2.57 bits per heavy atom. The van der Waals surface area contributed by atoms with Gasteiger partial charge < -0.3 is 9.47 Å². The van der Waals surface area contributed by atoms with Gasteiger partial charge in [-0.3, -0.25) is 0 Å². The molecule has 1 atom stereocenters. The van der Waals surface area contributed by atoms with E-state index in [1.807, 2.05) is 31.2 Å². The van der Waals surface area contributed by atoms with Crippen molar-refractivity contribution in [3.05, 3.63) is 24.3 Å². The number of methoxy groups -OCH3 is 1. The van der Waals surface area contributed by atoms with Gasteiger partial charge in [0.2, 0.25) is 0 Å². The van der Waals surface area contributed by atoms with Crippen LogP contribution >= 0.6 is 0 Å². The van der Waals surface area contributed by atoms with Crippen molar-refractivity contribution in [3.8, 4) is 17.6 Å². The fourth-order valence-electron chi connectivity index (χ4n) is 1.10. The molecule has 1 unspecified atom stereocenters. The third-order valence-corrected chi connectivity index (χ3v) is 1.78. The molecule has 1 aromatic rings. The Morgan fingerprint density at radius 2 is 2.00 bits per heavy atom. The van der Waals surface area contributed by atoms with Crippen molar-refractivity contribution in [1.82, 2.24) is 0 Å². The molecule has 0 radical (unpaired) electrons. The monoisotopic (exact) mass is 191 g/mol. The van der Waals surface area contributed by atoms with Crippen LogP contribution in [0.5, 0.6) is 11.5 Å². The van der Waals surface area contributed by atoms with Crippen LogP contribution in [0, 0.1) is 11.3 Å². The quantitative estimate of drug-likeness (QED) is 0.733. The highest BCUT2D eigenvalue weighted by Crippen LogP contribution is 2.26. The Kier molecular flexibility index (Phi) is 3.81. The van der Waals surface area contributed by atoms with Crippen LogP contribution in [0.3, 0.4) is 0 Å². The first kappa shape index (κ1) is 10.4. The number of rotatable bonds is 4. The zero-order valence-corrected chi connectivity index (χ0v) is 8.36. The van der Waals surface area contributed by atoms with Crippen LogP contribution in [-0.4, -0.2) is 13.2 Å². The summed E-state index contributed by atoms with van der Waals surface area (Å²) in [5.41, 5.74) is 0. The second-order valence-electron chi connectivity index (χ2n) is 2.94. The molecule has 3 nitrogen and oxygen atoms in total. The molecule has 0 N–H and O–H groups in total. The summed E-state index contributed by atoms with van der Waals surface area (Å²) in [6, 6.07) is 9.46. The Bertz CT molecular complexity index is 330. The predicted octanol–water partition coefficient (Wildman–Crippen LogP) is 2.38. The highest BCUT2D eigenvalue weighted by atomic mass is 16.5. The van der Waals surface area contributed by atoms with Crippen LogP contribution < -0.4 is 9.47 Å². The molecule has 0 spiro atoms. The number of para-hydroxylation sites is 2. The maximum absolute atomic E-state index is 8.48. The summed E-state index contributed by atoms with van der Waals surface area (Å²) < 4.78 is 10.6. The SMILES string of the molecule is COc1ccccc1OC(C)CC#N. The summed E-state index contributed by atoms with van der Waals surface area (Å²) in [5.74, 6) is 1.37. The van der Waals surface area contributed by atoms with Crippen LogP contribution in [0.2, 0.25) is 0 Å². The minimum Gasteiger partial charge on any atom is -0.493 e. The van der Waals surface area contributed by atoms with Gasteiger partial charge in [0.25, 0.3) is 0 Å². The zero-order valence-electron chi connectivity index (χ0n) is 8.36. The molecule has 0 bridgehead atoms. The molecule has 14 heavy (non-hydrogen) atoms. The topological polar surface area (TPSA) is 42.2 Å². The lowest BCUT2D eigenvalue weighted by molar-refractivity contribution is 0.216. The zero-order chi connectivity index (χ0) is 10.4. The van der Waals surface area contributed by atoms with E-state index in [0.717, 1.165) is 0 Å². The highest BCUT2D eigenvalue weighted by molar-refractivity contribution is 5.39. The third kappa shape index (κ3) is 2.67. The van der Waals surface area contributed by atoms with E-state index in [2.05, 4.69) is 6.07 Å². The number of nitrogens with zero attached hydrogens (tertiary/aromatic N) is 1. The van der Waals surface area contributed by atoms with Gasteiger partial charge in [-0.15, -0.1) is 0 Å². The predicted molar refractivity (Wildman–Crippen MR) is 53.3 cm³/mol. The van der Waals surface area contributed by atoms with E-state index in [4.69, 9.17) is 14.7 Å². The highest BCUT2D eigenvalue weighted by Gasteiger charge is 2.07. The molecule has 0 saturated heterocycles. The number of benzene rings is 1. The summed E-state index contributed by atoms with van der Waals surface area (Å²) in [5, 5.41) is 8.48. The molecule has 0 saturated carbocycles. The lowest BCUT2D eigenvalue weighted by Gasteiger charge is -2.13. The van der Waals surface area contributed by atoms with Gasteiger partial charge in [0, 0.05) is 0 Å². The standard InChI is InChI=1S/C11H13NO2/c1-9(7-8-12)14-11-6-4-3-5-10(11)13-2/h3-6,9H,7H2,1-2H3. The molecule has 0 aliphatic heterocycles. The summed E-state index contributed by atoms with van der Waals surface area (Å²) in [4.78, 5) is 0. The first-order valence-corrected chi connectivity index (χ1v) is 4.44. The Hall–Kier alpha value is -1.69. The van der Waals surface area contributed by atoms with Gasteiger partial charge >= 0.3 is 0 Å². The number of nitriles is 1. The molecular formula is C11H13NO2. The fourth-order valence-corrected chi connectivity index (χ4v) is 1.10. The van der Waals surface area contributed by atoms with E-state index >= 15 is 0 Å². The molecule has 0 amide bonds. The smallest absolute Gasteiger partial charge is 0.161 e. The van der Waals surface area contributed by atoms with E-state index in [-0.39, 0.29) is 6.10 Å². The maximum Gasteiger partial charge on any atom is 0.161 e. The minimum absolute atomic E-state index is 0.115. The van der Waals surface area contributed by atoms with Gasteiger partial charge in [-0.2, -0.15) is 5.26 Å². The number of hydrogen-bond acceptors (Lipinski definition) is 3. The van der Waals surface area contributed by atoms with Crippen molar-refractivity contribution in [3.63, 3.8) is 0 Å². The summed E-state index contributed by atoms with van der Waals surface area (Å²) in [6.45, 7) is 1.86. The van der Waals surface area contributed by atoms with Gasteiger partial charge in [0.05, 0.1) is 19.6 Å². The largest absolute Gasteiger partial charge is 0.493 e. The van der Waals surface area contributed by atoms with Crippen molar-refractivity contribution in [2.24, 2.45) is 0 Å². The molecule has 1 rings (SSSR count). The summed E-state index contributed by atoms with van der Waals surface area (Å²) >= 11 is 0. The second-order valence-corrected chi connectivity index (χ2v) is 2.94. The summed E-state index contributed by atoms with van der Waals surface area (Å²) in [6.07, 6.45) is 0.259. The number of ether oxygens (including phenoxy) is 2. The minimum atomic E-state index is -0.115. The van der Waals surface area contributed by atoms with Crippen LogP contribution in [0.4, 0.5) is 0 Å². The fraction of sp³-hybridized carbons (Fsp3) is 0.364. The van der Waals surface area contributed by atoms with Crippen LogP contribution in [-0.2, 0) is 0 Å². The van der Waals surface area contributed by atoms with Gasteiger partial charge in [-0.05, 0) is 19.1 Å². The normalized spacial score (nSPS) is 11.5. The van der Waals surface area contributed by atoms with Gasteiger partial charge in [-0.25, -0.2) is 0 Å². The van der Waals surface area contributed by atoms with Crippen LogP contribution in [0.15, 0.2) is 24.3 Å². The average molecular weight is 191 g/mol. The van der Waals surface area contributed by atoms with E-state index in [0.29, 0.717) is 17.9 Å². The Morgan fingerprint density at radius 1 is 1.36 bits per heavy atom. The molecule has 1 aromatic carbocycles. The van der Waals surface area contributed by atoms with Gasteiger partial charge in [0.15, 0.2) is 11.5 Å². The summed E-state index contributed by atoms with van der Waals surface area (Å²) in [7, 11) is 1.59. The first-order valence-electron chi connectivity index (χ1n) is 4.44. The number of hydrogen-bond donors (Lipinski definition) is 0. The van der Waals surface area contributed by atoms with Crippen molar-refractivity contribution in [2.45, 2.75) is 19.4 Å². The average Bonchev–Trinajstić information content (AvgIpc) is 2.19. The molecule has 3 heteroatoms. The van der Waals surface area contributed by atoms with Crippen molar-refractivity contribution in [1.29, 1.82) is 5.26 Å². The molecule has 0 aliphatic rings. The molecule has 74 valence electrons. The molecule has 0 fully saturated rings. The van der Waals surface area contributed by atoms with Crippen LogP contribution in [0.1, 0.15) is 13.3 Å². The van der Waals surface area contributed by atoms with Crippen molar-refractivity contribution < 1.29 is 9.47 Å².